The molecule has 0 unspecified atom stereocenters. The third-order valence-corrected chi connectivity index (χ3v) is 4.43. The Balaban J connectivity index is 1.50. The fourth-order valence-electron chi connectivity index (χ4n) is 2.51. The molecule has 0 aliphatic carbocycles. The first-order valence-corrected chi connectivity index (χ1v) is 8.38. The van der Waals surface area contributed by atoms with E-state index in [2.05, 4.69) is 20.2 Å². The second kappa shape index (κ2) is 7.68. The minimum atomic E-state index is -0.102. The van der Waals surface area contributed by atoms with Crippen LogP contribution < -0.4 is 10.2 Å². The van der Waals surface area contributed by atoms with E-state index in [0.717, 1.165) is 5.56 Å². The van der Waals surface area contributed by atoms with Crippen molar-refractivity contribution in [2.75, 3.05) is 31.1 Å². The molecule has 2 amide bonds. The summed E-state index contributed by atoms with van der Waals surface area (Å²) >= 11 is 12.0. The third kappa shape index (κ3) is 4.07. The lowest BCUT2D eigenvalue weighted by molar-refractivity contribution is 0.193. The molecular formula is C16H17Cl2N5O. The Morgan fingerprint density at radius 1 is 1.12 bits per heavy atom. The van der Waals surface area contributed by atoms with Gasteiger partial charge in [-0.3, -0.25) is 0 Å². The molecule has 1 saturated heterocycles. The summed E-state index contributed by atoms with van der Waals surface area (Å²) in [7, 11) is 0. The van der Waals surface area contributed by atoms with E-state index < -0.39 is 0 Å². The van der Waals surface area contributed by atoms with Crippen LogP contribution in [0.3, 0.4) is 0 Å². The van der Waals surface area contributed by atoms with Crippen molar-refractivity contribution in [2.45, 2.75) is 6.54 Å². The highest BCUT2D eigenvalue weighted by Gasteiger charge is 2.22. The van der Waals surface area contributed by atoms with Gasteiger partial charge in [0.15, 0.2) is 0 Å². The predicted molar refractivity (Wildman–Crippen MR) is 94.5 cm³/mol. The Morgan fingerprint density at radius 3 is 2.50 bits per heavy atom. The number of aromatic nitrogens is 2. The lowest BCUT2D eigenvalue weighted by atomic mass is 10.2. The molecular weight excluding hydrogens is 349 g/mol. The van der Waals surface area contributed by atoms with E-state index in [9.17, 15) is 4.79 Å². The second-order valence-electron chi connectivity index (χ2n) is 5.42. The average Bonchev–Trinajstić information content (AvgIpc) is 2.62. The number of anilines is 1. The van der Waals surface area contributed by atoms with Crippen LogP contribution in [-0.4, -0.2) is 47.1 Å². The van der Waals surface area contributed by atoms with Gasteiger partial charge in [0.1, 0.15) is 0 Å². The van der Waals surface area contributed by atoms with Gasteiger partial charge in [0, 0.05) is 55.2 Å². The van der Waals surface area contributed by atoms with Crippen molar-refractivity contribution in [3.63, 3.8) is 0 Å². The number of urea groups is 1. The highest BCUT2D eigenvalue weighted by Crippen LogP contribution is 2.20. The zero-order chi connectivity index (χ0) is 16.9. The molecule has 0 radical (unpaired) electrons. The van der Waals surface area contributed by atoms with E-state index in [-0.39, 0.29) is 6.03 Å². The van der Waals surface area contributed by atoms with Crippen LogP contribution >= 0.6 is 23.2 Å². The largest absolute Gasteiger partial charge is 0.337 e. The van der Waals surface area contributed by atoms with E-state index in [0.29, 0.717) is 48.7 Å². The smallest absolute Gasteiger partial charge is 0.317 e. The molecule has 1 fully saturated rings. The number of hydrogen-bond acceptors (Lipinski definition) is 4. The van der Waals surface area contributed by atoms with Gasteiger partial charge < -0.3 is 15.1 Å². The molecule has 0 spiro atoms. The Bertz CT molecular complexity index is 705. The topological polar surface area (TPSA) is 61.4 Å². The quantitative estimate of drug-likeness (QED) is 0.908. The fraction of sp³-hybridized carbons (Fsp3) is 0.312. The molecule has 24 heavy (non-hydrogen) atoms. The number of carbonyl (C=O) groups excluding carboxylic acids is 1. The molecule has 8 heteroatoms. The minimum absolute atomic E-state index is 0.102. The zero-order valence-corrected chi connectivity index (χ0v) is 14.5. The van der Waals surface area contributed by atoms with Crippen molar-refractivity contribution in [1.82, 2.24) is 20.2 Å². The molecule has 2 aromatic rings. The Kier molecular flexibility index (Phi) is 5.37. The van der Waals surface area contributed by atoms with Crippen LogP contribution in [-0.2, 0) is 6.54 Å². The number of carbonyl (C=O) groups is 1. The Hall–Kier alpha value is -2.05. The van der Waals surface area contributed by atoms with Crippen molar-refractivity contribution >= 4 is 35.2 Å². The molecule has 126 valence electrons. The molecule has 6 nitrogen and oxygen atoms in total. The number of amides is 2. The van der Waals surface area contributed by atoms with Gasteiger partial charge >= 0.3 is 6.03 Å². The summed E-state index contributed by atoms with van der Waals surface area (Å²) in [6, 6.07) is 6.93. The normalized spacial score (nSPS) is 14.6. The zero-order valence-electron chi connectivity index (χ0n) is 13.0. The van der Waals surface area contributed by atoms with Crippen molar-refractivity contribution < 1.29 is 4.79 Å². The van der Waals surface area contributed by atoms with Gasteiger partial charge in [-0.1, -0.05) is 29.3 Å². The molecule has 1 aromatic heterocycles. The molecule has 0 atom stereocenters. The first-order chi connectivity index (χ1) is 11.6. The molecule has 1 N–H and O–H groups in total. The van der Waals surface area contributed by atoms with Gasteiger partial charge in [0.25, 0.3) is 0 Å². The molecule has 0 saturated carbocycles. The summed E-state index contributed by atoms with van der Waals surface area (Å²) in [6.45, 7) is 3.03. The number of nitrogens with one attached hydrogen (secondary N) is 1. The van der Waals surface area contributed by atoms with Crippen LogP contribution in [0, 0.1) is 0 Å². The summed E-state index contributed by atoms with van der Waals surface area (Å²) in [6.07, 6.45) is 3.44. The first kappa shape index (κ1) is 16.8. The Labute approximate surface area is 150 Å². The van der Waals surface area contributed by atoms with Crippen LogP contribution in [0.25, 0.3) is 0 Å². The number of piperazine rings is 1. The number of halogens is 2. The van der Waals surface area contributed by atoms with Gasteiger partial charge in [-0.05, 0) is 23.8 Å². The van der Waals surface area contributed by atoms with Crippen LogP contribution in [0.4, 0.5) is 10.7 Å². The van der Waals surface area contributed by atoms with Crippen molar-refractivity contribution in [3.8, 4) is 0 Å². The van der Waals surface area contributed by atoms with Crippen LogP contribution in [0.1, 0.15) is 5.56 Å². The predicted octanol–water partition coefficient (Wildman–Crippen LogP) is 2.82. The maximum absolute atomic E-state index is 12.3. The summed E-state index contributed by atoms with van der Waals surface area (Å²) in [4.78, 5) is 24.6. The monoisotopic (exact) mass is 365 g/mol. The van der Waals surface area contributed by atoms with E-state index in [1.807, 2.05) is 6.07 Å². The van der Waals surface area contributed by atoms with Gasteiger partial charge in [-0.25, -0.2) is 14.8 Å². The van der Waals surface area contributed by atoms with E-state index >= 15 is 0 Å². The van der Waals surface area contributed by atoms with E-state index in [4.69, 9.17) is 23.2 Å². The van der Waals surface area contributed by atoms with Crippen molar-refractivity contribution in [2.24, 2.45) is 0 Å². The van der Waals surface area contributed by atoms with Crippen LogP contribution in [0.2, 0.25) is 10.0 Å². The van der Waals surface area contributed by atoms with Gasteiger partial charge in [0.05, 0.1) is 0 Å². The summed E-state index contributed by atoms with van der Waals surface area (Å²) in [5, 5.41) is 4.02. The highest BCUT2D eigenvalue weighted by atomic mass is 35.5. The molecule has 2 heterocycles. The van der Waals surface area contributed by atoms with Crippen molar-refractivity contribution in [3.05, 3.63) is 52.3 Å². The van der Waals surface area contributed by atoms with Crippen molar-refractivity contribution in [1.29, 1.82) is 0 Å². The first-order valence-electron chi connectivity index (χ1n) is 7.62. The molecule has 1 aromatic carbocycles. The third-order valence-electron chi connectivity index (χ3n) is 3.85. The summed E-state index contributed by atoms with van der Waals surface area (Å²) in [5.74, 6) is 0.700. The SMILES string of the molecule is O=C(NCc1ccc(Cl)cc1Cl)N1CCN(c2ncccn2)CC1. The fourth-order valence-corrected chi connectivity index (χ4v) is 2.99. The lowest BCUT2D eigenvalue weighted by Gasteiger charge is -2.34. The molecule has 3 rings (SSSR count). The summed E-state index contributed by atoms with van der Waals surface area (Å²) in [5.41, 5.74) is 0.839. The maximum Gasteiger partial charge on any atom is 0.317 e. The number of hydrogen-bond donors (Lipinski definition) is 1. The summed E-state index contributed by atoms with van der Waals surface area (Å²) < 4.78 is 0. The van der Waals surface area contributed by atoms with Crippen LogP contribution in [0.15, 0.2) is 36.7 Å². The van der Waals surface area contributed by atoms with Gasteiger partial charge in [-0.2, -0.15) is 0 Å². The molecule has 1 aliphatic rings. The lowest BCUT2D eigenvalue weighted by Crippen LogP contribution is -2.52. The average molecular weight is 366 g/mol. The standard InChI is InChI=1S/C16H17Cl2N5O/c17-13-3-2-12(14(18)10-13)11-21-16(24)23-8-6-22(7-9-23)15-19-4-1-5-20-15/h1-5,10H,6-9,11H2,(H,21,24). The van der Waals surface area contributed by atoms with Gasteiger partial charge in [-0.15, -0.1) is 0 Å². The molecule has 0 bridgehead atoms. The minimum Gasteiger partial charge on any atom is -0.337 e. The number of benzene rings is 1. The van der Waals surface area contributed by atoms with E-state index in [1.54, 1.807) is 35.5 Å². The molecule has 1 aliphatic heterocycles. The maximum atomic E-state index is 12.3. The van der Waals surface area contributed by atoms with E-state index in [1.165, 1.54) is 0 Å². The Morgan fingerprint density at radius 2 is 1.83 bits per heavy atom. The number of rotatable bonds is 3. The number of nitrogens with zero attached hydrogens (tertiary/aromatic N) is 4. The second-order valence-corrected chi connectivity index (χ2v) is 6.26. The van der Waals surface area contributed by atoms with Crippen LogP contribution in [0.5, 0.6) is 0 Å². The van der Waals surface area contributed by atoms with Gasteiger partial charge in [0.2, 0.25) is 5.95 Å². The highest BCUT2D eigenvalue weighted by molar-refractivity contribution is 6.35.